The summed E-state index contributed by atoms with van der Waals surface area (Å²) in [5.41, 5.74) is -0.641. The van der Waals surface area contributed by atoms with Crippen molar-refractivity contribution < 1.29 is 14.4 Å². The highest BCUT2D eigenvalue weighted by Gasteiger charge is 2.58. The number of urea groups is 1. The van der Waals surface area contributed by atoms with Crippen LogP contribution in [0, 0.1) is 5.92 Å². The van der Waals surface area contributed by atoms with Gasteiger partial charge in [-0.05, 0) is 39.0 Å². The summed E-state index contributed by atoms with van der Waals surface area (Å²) in [6, 6.07) is -0.281. The predicted octanol–water partition coefficient (Wildman–Crippen LogP) is 1.98. The molecule has 1 aliphatic carbocycles. The lowest BCUT2D eigenvalue weighted by Gasteiger charge is -2.27. The quantitative estimate of drug-likeness (QED) is 0.726. The smallest absolute Gasteiger partial charge is 0.327 e. The fraction of sp³-hybridized carbons (Fsp3) is 0.833. The van der Waals surface area contributed by atoms with Crippen molar-refractivity contribution >= 4 is 17.8 Å². The first-order chi connectivity index (χ1) is 11.5. The molecule has 0 aromatic carbocycles. The topological polar surface area (TPSA) is 60.9 Å². The highest BCUT2D eigenvalue weighted by Crippen LogP contribution is 2.39. The van der Waals surface area contributed by atoms with E-state index >= 15 is 0 Å². The summed E-state index contributed by atoms with van der Waals surface area (Å²) in [4.78, 5) is 43.3. The van der Waals surface area contributed by atoms with Gasteiger partial charge in [-0.2, -0.15) is 0 Å². The second-order valence-electron chi connectivity index (χ2n) is 8.05. The summed E-state index contributed by atoms with van der Waals surface area (Å²) in [5, 5.41) is 0. The summed E-state index contributed by atoms with van der Waals surface area (Å²) >= 11 is 0. The maximum atomic E-state index is 12.8. The van der Waals surface area contributed by atoms with Crippen molar-refractivity contribution in [1.29, 1.82) is 0 Å². The second kappa shape index (κ2) is 5.74. The molecule has 0 radical (unpaired) electrons. The zero-order valence-corrected chi connectivity index (χ0v) is 14.5. The fourth-order valence-electron chi connectivity index (χ4n) is 5.05. The lowest BCUT2D eigenvalue weighted by Crippen LogP contribution is -2.46. The number of amides is 4. The van der Waals surface area contributed by atoms with Gasteiger partial charge < -0.3 is 9.80 Å². The standard InChI is InChI=1S/C18H27N3O3/c1-18-9-5-10-20(18)17(24)21(16(18)23)14-8-11-19(12-14)15(22)13-6-3-2-4-7-13/h13-14H,2-12H2,1H3/t14-,18-/m1/s1. The van der Waals surface area contributed by atoms with E-state index in [0.29, 0.717) is 19.6 Å². The number of nitrogens with zero attached hydrogens (tertiary/aromatic N) is 3. The van der Waals surface area contributed by atoms with Crippen molar-refractivity contribution in [3.8, 4) is 0 Å². The first kappa shape index (κ1) is 15.9. The van der Waals surface area contributed by atoms with E-state index in [-0.39, 0.29) is 29.8 Å². The van der Waals surface area contributed by atoms with Crippen LogP contribution in [0.4, 0.5) is 4.79 Å². The second-order valence-corrected chi connectivity index (χ2v) is 8.05. The SMILES string of the molecule is C[C@]12CCCN1C(=O)N([C@@H]1CCN(C(=O)C3CCCCC3)C1)C2=O. The number of hydrogen-bond donors (Lipinski definition) is 0. The summed E-state index contributed by atoms with van der Waals surface area (Å²) in [7, 11) is 0. The van der Waals surface area contributed by atoms with Gasteiger partial charge in [0.05, 0.1) is 6.04 Å². The van der Waals surface area contributed by atoms with Gasteiger partial charge in [0.15, 0.2) is 0 Å². The minimum Gasteiger partial charge on any atom is -0.340 e. The van der Waals surface area contributed by atoms with E-state index in [9.17, 15) is 14.4 Å². The van der Waals surface area contributed by atoms with Crippen molar-refractivity contribution in [3.63, 3.8) is 0 Å². The molecule has 0 bridgehead atoms. The summed E-state index contributed by atoms with van der Waals surface area (Å²) in [6.45, 7) is 3.76. The maximum absolute atomic E-state index is 12.8. The minimum atomic E-state index is -0.641. The molecule has 4 fully saturated rings. The third-order valence-corrected chi connectivity index (χ3v) is 6.55. The molecule has 2 atom stereocenters. The number of likely N-dealkylation sites (tertiary alicyclic amines) is 1. The van der Waals surface area contributed by atoms with Crippen molar-refractivity contribution in [2.24, 2.45) is 5.92 Å². The third-order valence-electron chi connectivity index (χ3n) is 6.55. The molecule has 4 rings (SSSR count). The lowest BCUT2D eigenvalue weighted by molar-refractivity contribution is -0.137. The minimum absolute atomic E-state index is 0.0537. The van der Waals surface area contributed by atoms with Gasteiger partial charge in [0.25, 0.3) is 5.91 Å². The largest absolute Gasteiger partial charge is 0.340 e. The van der Waals surface area contributed by atoms with Gasteiger partial charge in [-0.3, -0.25) is 14.5 Å². The van der Waals surface area contributed by atoms with Gasteiger partial charge in [-0.25, -0.2) is 4.79 Å². The van der Waals surface area contributed by atoms with Crippen LogP contribution in [0.2, 0.25) is 0 Å². The van der Waals surface area contributed by atoms with Crippen LogP contribution in [0.5, 0.6) is 0 Å². The predicted molar refractivity (Wildman–Crippen MR) is 88.1 cm³/mol. The average molecular weight is 333 g/mol. The Morgan fingerprint density at radius 1 is 1.04 bits per heavy atom. The first-order valence-corrected chi connectivity index (χ1v) is 9.46. The van der Waals surface area contributed by atoms with Crippen LogP contribution < -0.4 is 0 Å². The molecule has 3 aliphatic heterocycles. The lowest BCUT2D eigenvalue weighted by atomic mass is 9.88. The molecule has 132 valence electrons. The van der Waals surface area contributed by atoms with Crippen LogP contribution in [-0.2, 0) is 9.59 Å². The van der Waals surface area contributed by atoms with Crippen molar-refractivity contribution in [3.05, 3.63) is 0 Å². The molecule has 4 amide bonds. The van der Waals surface area contributed by atoms with Crippen LogP contribution in [0.3, 0.4) is 0 Å². The normalized spacial score (nSPS) is 34.4. The molecule has 24 heavy (non-hydrogen) atoms. The maximum Gasteiger partial charge on any atom is 0.327 e. The van der Waals surface area contributed by atoms with Crippen LogP contribution >= 0.6 is 0 Å². The van der Waals surface area contributed by atoms with Gasteiger partial charge in [0.1, 0.15) is 5.54 Å². The Kier molecular flexibility index (Phi) is 3.81. The molecule has 0 spiro atoms. The zero-order chi connectivity index (χ0) is 16.9. The Morgan fingerprint density at radius 2 is 1.79 bits per heavy atom. The van der Waals surface area contributed by atoms with Crippen LogP contribution in [-0.4, -0.2) is 63.8 Å². The van der Waals surface area contributed by atoms with E-state index in [1.165, 1.54) is 11.3 Å². The van der Waals surface area contributed by atoms with E-state index in [0.717, 1.165) is 44.9 Å². The van der Waals surface area contributed by atoms with Gasteiger partial charge in [0, 0.05) is 25.6 Å². The summed E-state index contributed by atoms with van der Waals surface area (Å²) in [5.74, 6) is 0.341. The molecule has 0 unspecified atom stereocenters. The monoisotopic (exact) mass is 333 g/mol. The Hall–Kier alpha value is -1.59. The molecule has 4 aliphatic rings. The molecule has 0 N–H and O–H groups in total. The highest BCUT2D eigenvalue weighted by atomic mass is 16.2. The molecule has 0 aromatic rings. The summed E-state index contributed by atoms with van der Waals surface area (Å²) < 4.78 is 0. The molecule has 0 aromatic heterocycles. The number of imide groups is 1. The number of fused-ring (bicyclic) bond motifs is 1. The molecule has 3 heterocycles. The van der Waals surface area contributed by atoms with Crippen LogP contribution in [0.1, 0.15) is 58.3 Å². The highest BCUT2D eigenvalue weighted by molar-refractivity contribution is 6.07. The summed E-state index contributed by atoms with van der Waals surface area (Å²) in [6.07, 6.45) is 7.89. The number of hydrogen-bond acceptors (Lipinski definition) is 3. The van der Waals surface area contributed by atoms with Crippen LogP contribution in [0.25, 0.3) is 0 Å². The third kappa shape index (κ3) is 2.25. The zero-order valence-electron chi connectivity index (χ0n) is 14.5. The molecular weight excluding hydrogens is 306 g/mol. The van der Waals surface area contributed by atoms with Crippen molar-refractivity contribution in [2.45, 2.75) is 69.9 Å². The number of carbonyl (C=O) groups is 3. The van der Waals surface area contributed by atoms with E-state index in [2.05, 4.69) is 0 Å². The van der Waals surface area contributed by atoms with E-state index in [1.807, 2.05) is 11.8 Å². The number of carbonyl (C=O) groups excluding carboxylic acids is 3. The molecule has 1 saturated carbocycles. The average Bonchev–Trinajstić information content (AvgIpc) is 3.26. The van der Waals surface area contributed by atoms with Gasteiger partial charge >= 0.3 is 6.03 Å². The molecule has 3 saturated heterocycles. The van der Waals surface area contributed by atoms with E-state index < -0.39 is 5.54 Å². The van der Waals surface area contributed by atoms with Gasteiger partial charge in [-0.1, -0.05) is 19.3 Å². The van der Waals surface area contributed by atoms with E-state index in [4.69, 9.17) is 0 Å². The Bertz CT molecular complexity index is 572. The van der Waals surface area contributed by atoms with Crippen molar-refractivity contribution in [1.82, 2.24) is 14.7 Å². The van der Waals surface area contributed by atoms with Gasteiger partial charge in [0.2, 0.25) is 5.91 Å². The fourth-order valence-corrected chi connectivity index (χ4v) is 5.05. The first-order valence-electron chi connectivity index (χ1n) is 9.46. The molecular formula is C18H27N3O3. The number of rotatable bonds is 2. The Balaban J connectivity index is 1.44. The van der Waals surface area contributed by atoms with Crippen LogP contribution in [0.15, 0.2) is 0 Å². The Morgan fingerprint density at radius 3 is 2.50 bits per heavy atom. The Labute approximate surface area is 143 Å². The van der Waals surface area contributed by atoms with E-state index in [1.54, 1.807) is 4.90 Å². The van der Waals surface area contributed by atoms with Gasteiger partial charge in [-0.15, -0.1) is 0 Å². The van der Waals surface area contributed by atoms with Crippen molar-refractivity contribution in [2.75, 3.05) is 19.6 Å². The molecule has 6 heteroatoms. The molecule has 6 nitrogen and oxygen atoms in total.